The van der Waals surface area contributed by atoms with E-state index in [1.807, 2.05) is 11.3 Å². The van der Waals surface area contributed by atoms with E-state index in [0.717, 1.165) is 31.2 Å². The molecule has 0 saturated carbocycles. The van der Waals surface area contributed by atoms with Crippen LogP contribution in [0.5, 0.6) is 0 Å². The van der Waals surface area contributed by atoms with Gasteiger partial charge in [-0.3, -0.25) is 0 Å². The van der Waals surface area contributed by atoms with Crippen molar-refractivity contribution in [2.24, 2.45) is 5.92 Å². The number of hydrogen-bond donors (Lipinski definition) is 1. The summed E-state index contributed by atoms with van der Waals surface area (Å²) >= 11 is 1.82. The van der Waals surface area contributed by atoms with Crippen molar-refractivity contribution in [2.45, 2.75) is 40.7 Å². The maximum absolute atomic E-state index is 4.70. The highest BCUT2D eigenvalue weighted by Crippen LogP contribution is 2.25. The Hall–Kier alpha value is -0.610. The predicted octanol–water partition coefficient (Wildman–Crippen LogP) is 2.91. The standard InChI is InChI=1S/C13H25N3S/c1-6-11-12(9-14-8-10(3)4)17-13(15-11)16(5)7-2/h10,14H,6-9H2,1-5H3. The molecule has 0 aliphatic rings. The first-order chi connectivity index (χ1) is 8.08. The van der Waals surface area contributed by atoms with Gasteiger partial charge in [-0.2, -0.15) is 0 Å². The lowest BCUT2D eigenvalue weighted by Crippen LogP contribution is -2.19. The van der Waals surface area contributed by atoms with Gasteiger partial charge in [-0.15, -0.1) is 11.3 Å². The van der Waals surface area contributed by atoms with Crippen molar-refractivity contribution in [2.75, 3.05) is 25.0 Å². The van der Waals surface area contributed by atoms with E-state index in [9.17, 15) is 0 Å². The minimum atomic E-state index is 0.700. The summed E-state index contributed by atoms with van der Waals surface area (Å²) < 4.78 is 0. The van der Waals surface area contributed by atoms with Gasteiger partial charge < -0.3 is 10.2 Å². The van der Waals surface area contributed by atoms with Crippen LogP contribution in [0.3, 0.4) is 0 Å². The Balaban J connectivity index is 2.66. The second-order valence-electron chi connectivity index (χ2n) is 4.76. The molecule has 17 heavy (non-hydrogen) atoms. The number of hydrogen-bond acceptors (Lipinski definition) is 4. The molecule has 3 nitrogen and oxygen atoms in total. The summed E-state index contributed by atoms with van der Waals surface area (Å²) in [5, 5.41) is 4.64. The van der Waals surface area contributed by atoms with Gasteiger partial charge in [-0.25, -0.2) is 4.98 Å². The molecule has 0 spiro atoms. The topological polar surface area (TPSA) is 28.2 Å². The summed E-state index contributed by atoms with van der Waals surface area (Å²) in [5.41, 5.74) is 1.25. The van der Waals surface area contributed by atoms with Crippen LogP contribution in [0, 0.1) is 5.92 Å². The van der Waals surface area contributed by atoms with Crippen LogP contribution in [0.1, 0.15) is 38.3 Å². The Kier molecular flexibility index (Phi) is 5.92. The minimum absolute atomic E-state index is 0.700. The monoisotopic (exact) mass is 255 g/mol. The van der Waals surface area contributed by atoms with Crippen molar-refractivity contribution in [3.8, 4) is 0 Å². The fraction of sp³-hybridized carbons (Fsp3) is 0.769. The Bertz CT molecular complexity index is 333. The number of nitrogens with one attached hydrogen (secondary N) is 1. The van der Waals surface area contributed by atoms with Crippen molar-refractivity contribution < 1.29 is 0 Å². The van der Waals surface area contributed by atoms with Gasteiger partial charge in [0.25, 0.3) is 0 Å². The smallest absolute Gasteiger partial charge is 0.185 e. The third-order valence-corrected chi connectivity index (χ3v) is 3.95. The largest absolute Gasteiger partial charge is 0.351 e. The minimum Gasteiger partial charge on any atom is -0.351 e. The fourth-order valence-corrected chi connectivity index (χ4v) is 2.70. The van der Waals surface area contributed by atoms with E-state index in [4.69, 9.17) is 4.98 Å². The quantitative estimate of drug-likeness (QED) is 0.812. The average Bonchev–Trinajstić information content (AvgIpc) is 2.71. The highest BCUT2D eigenvalue weighted by Gasteiger charge is 2.11. The van der Waals surface area contributed by atoms with Crippen LogP contribution in [-0.2, 0) is 13.0 Å². The molecule has 1 N–H and O–H groups in total. The van der Waals surface area contributed by atoms with E-state index in [1.54, 1.807) is 0 Å². The Morgan fingerprint density at radius 3 is 2.59 bits per heavy atom. The molecule has 0 saturated heterocycles. The van der Waals surface area contributed by atoms with E-state index >= 15 is 0 Å². The molecule has 1 rings (SSSR count). The number of aromatic nitrogens is 1. The first-order valence-electron chi connectivity index (χ1n) is 6.48. The molecular formula is C13H25N3S. The molecule has 0 atom stereocenters. The summed E-state index contributed by atoms with van der Waals surface area (Å²) in [5.74, 6) is 0.700. The predicted molar refractivity (Wildman–Crippen MR) is 77.0 cm³/mol. The highest BCUT2D eigenvalue weighted by atomic mass is 32.1. The van der Waals surface area contributed by atoms with Gasteiger partial charge in [-0.1, -0.05) is 20.8 Å². The molecule has 0 bridgehead atoms. The third kappa shape index (κ3) is 4.28. The molecule has 98 valence electrons. The summed E-state index contributed by atoms with van der Waals surface area (Å²) in [6.07, 6.45) is 1.02. The molecule has 4 heteroatoms. The molecular weight excluding hydrogens is 230 g/mol. The summed E-state index contributed by atoms with van der Waals surface area (Å²) in [6, 6.07) is 0. The lowest BCUT2D eigenvalue weighted by molar-refractivity contribution is 0.553. The zero-order chi connectivity index (χ0) is 12.8. The van der Waals surface area contributed by atoms with Crippen LogP contribution < -0.4 is 10.2 Å². The molecule has 0 fully saturated rings. The Labute approximate surface area is 109 Å². The van der Waals surface area contributed by atoms with E-state index < -0.39 is 0 Å². The van der Waals surface area contributed by atoms with Crippen molar-refractivity contribution >= 4 is 16.5 Å². The number of thiazole rings is 1. The molecule has 0 radical (unpaired) electrons. The molecule has 0 unspecified atom stereocenters. The number of anilines is 1. The Morgan fingerprint density at radius 2 is 2.06 bits per heavy atom. The van der Waals surface area contributed by atoms with E-state index in [-0.39, 0.29) is 0 Å². The molecule has 1 aromatic heterocycles. The fourth-order valence-electron chi connectivity index (χ4n) is 1.56. The number of rotatable bonds is 7. The van der Waals surface area contributed by atoms with Crippen LogP contribution in [0.2, 0.25) is 0 Å². The van der Waals surface area contributed by atoms with Crippen molar-refractivity contribution in [1.29, 1.82) is 0 Å². The maximum Gasteiger partial charge on any atom is 0.185 e. The van der Waals surface area contributed by atoms with E-state index in [2.05, 4.69) is 45.0 Å². The lowest BCUT2D eigenvalue weighted by atomic mass is 10.2. The van der Waals surface area contributed by atoms with Crippen LogP contribution in [-0.4, -0.2) is 25.1 Å². The molecule has 0 aliphatic carbocycles. The van der Waals surface area contributed by atoms with Crippen molar-refractivity contribution in [3.05, 3.63) is 10.6 Å². The lowest BCUT2D eigenvalue weighted by Gasteiger charge is -2.11. The molecule has 0 aliphatic heterocycles. The number of nitrogens with zero attached hydrogens (tertiary/aromatic N) is 2. The summed E-state index contributed by atoms with van der Waals surface area (Å²) in [6.45, 7) is 11.8. The first-order valence-corrected chi connectivity index (χ1v) is 7.30. The third-order valence-electron chi connectivity index (χ3n) is 2.74. The van der Waals surface area contributed by atoms with Gasteiger partial charge in [0.1, 0.15) is 0 Å². The van der Waals surface area contributed by atoms with Gasteiger partial charge >= 0.3 is 0 Å². The van der Waals surface area contributed by atoms with Gasteiger partial charge in [-0.05, 0) is 25.8 Å². The molecule has 0 aromatic carbocycles. The Morgan fingerprint density at radius 1 is 1.35 bits per heavy atom. The second kappa shape index (κ2) is 6.97. The summed E-state index contributed by atoms with van der Waals surface area (Å²) in [4.78, 5) is 8.30. The maximum atomic E-state index is 4.70. The average molecular weight is 255 g/mol. The normalized spacial score (nSPS) is 11.2. The molecule has 1 heterocycles. The highest BCUT2D eigenvalue weighted by molar-refractivity contribution is 7.15. The zero-order valence-electron chi connectivity index (χ0n) is 11.7. The zero-order valence-corrected chi connectivity index (χ0v) is 12.5. The van der Waals surface area contributed by atoms with Gasteiger partial charge in [0.2, 0.25) is 0 Å². The SMILES string of the molecule is CCc1nc(N(C)CC)sc1CNCC(C)C. The van der Waals surface area contributed by atoms with Gasteiger partial charge in [0, 0.05) is 25.0 Å². The molecule has 0 amide bonds. The van der Waals surface area contributed by atoms with Crippen molar-refractivity contribution in [3.63, 3.8) is 0 Å². The van der Waals surface area contributed by atoms with Crippen LogP contribution in [0.4, 0.5) is 5.13 Å². The first kappa shape index (κ1) is 14.5. The van der Waals surface area contributed by atoms with Gasteiger partial charge in [0.05, 0.1) is 5.69 Å². The van der Waals surface area contributed by atoms with Gasteiger partial charge in [0.15, 0.2) is 5.13 Å². The van der Waals surface area contributed by atoms with Crippen LogP contribution >= 0.6 is 11.3 Å². The van der Waals surface area contributed by atoms with Crippen LogP contribution in [0.15, 0.2) is 0 Å². The second-order valence-corrected chi connectivity index (χ2v) is 5.82. The number of aryl methyl sites for hydroxylation is 1. The summed E-state index contributed by atoms with van der Waals surface area (Å²) in [7, 11) is 2.10. The van der Waals surface area contributed by atoms with Crippen molar-refractivity contribution in [1.82, 2.24) is 10.3 Å². The molecule has 1 aromatic rings. The van der Waals surface area contributed by atoms with E-state index in [1.165, 1.54) is 10.6 Å². The van der Waals surface area contributed by atoms with E-state index in [0.29, 0.717) is 5.92 Å². The van der Waals surface area contributed by atoms with Crippen LogP contribution in [0.25, 0.3) is 0 Å².